The Labute approximate surface area is 118 Å². The van der Waals surface area contributed by atoms with Gasteiger partial charge in [-0.2, -0.15) is 15.0 Å². The van der Waals surface area contributed by atoms with Crippen LogP contribution in [0.5, 0.6) is 6.01 Å². The zero-order valence-electron chi connectivity index (χ0n) is 11.8. The number of benzene rings is 1. The quantitative estimate of drug-likeness (QED) is 0.806. The Morgan fingerprint density at radius 2 is 1.80 bits per heavy atom. The molecule has 1 aromatic heterocycles. The van der Waals surface area contributed by atoms with Crippen molar-refractivity contribution >= 4 is 11.9 Å². The van der Waals surface area contributed by atoms with Crippen LogP contribution < -0.4 is 15.4 Å². The van der Waals surface area contributed by atoms with E-state index in [1.165, 1.54) is 0 Å². The average Bonchev–Trinajstić information content (AvgIpc) is 2.51. The number of nitrogens with zero attached hydrogens (tertiary/aromatic N) is 3. The van der Waals surface area contributed by atoms with Gasteiger partial charge >= 0.3 is 6.01 Å². The van der Waals surface area contributed by atoms with Crippen LogP contribution in [0.2, 0.25) is 0 Å². The molecule has 0 saturated heterocycles. The highest BCUT2D eigenvalue weighted by Gasteiger charge is 2.06. The molecule has 0 spiro atoms. The predicted octanol–water partition coefficient (Wildman–Crippen LogP) is 2.31. The lowest BCUT2D eigenvalue weighted by Crippen LogP contribution is -2.09. The molecule has 0 aliphatic heterocycles. The maximum atomic E-state index is 5.45. The van der Waals surface area contributed by atoms with Crippen molar-refractivity contribution in [2.45, 2.75) is 19.9 Å². The molecule has 2 N–H and O–H groups in total. The van der Waals surface area contributed by atoms with Gasteiger partial charge in [-0.05, 0) is 12.0 Å². The summed E-state index contributed by atoms with van der Waals surface area (Å²) in [4.78, 5) is 12.6. The number of hydrogen-bond acceptors (Lipinski definition) is 6. The van der Waals surface area contributed by atoms with Crippen LogP contribution in [0.25, 0.3) is 0 Å². The molecule has 0 atom stereocenters. The van der Waals surface area contributed by atoms with Gasteiger partial charge in [-0.3, -0.25) is 0 Å². The molecule has 106 valence electrons. The Hall–Kier alpha value is -2.37. The summed E-state index contributed by atoms with van der Waals surface area (Å²) < 4.78 is 5.45. The molecule has 2 rings (SSSR count). The van der Waals surface area contributed by atoms with Crippen LogP contribution in [0.15, 0.2) is 30.3 Å². The zero-order chi connectivity index (χ0) is 14.2. The van der Waals surface area contributed by atoms with Gasteiger partial charge in [0.15, 0.2) is 0 Å². The Balaban J connectivity index is 2.06. The minimum Gasteiger partial charge on any atom is -0.463 e. The van der Waals surface area contributed by atoms with Crippen LogP contribution >= 0.6 is 0 Å². The van der Waals surface area contributed by atoms with E-state index >= 15 is 0 Å². The molecule has 0 radical (unpaired) electrons. The second-order valence-electron chi connectivity index (χ2n) is 4.20. The van der Waals surface area contributed by atoms with Crippen LogP contribution in [-0.4, -0.2) is 28.6 Å². The first-order valence-electron chi connectivity index (χ1n) is 6.66. The van der Waals surface area contributed by atoms with Crippen molar-refractivity contribution in [2.75, 3.05) is 24.3 Å². The first-order chi connectivity index (χ1) is 9.81. The largest absolute Gasteiger partial charge is 0.463 e. The first kappa shape index (κ1) is 14.0. The molecule has 1 aromatic carbocycles. The van der Waals surface area contributed by atoms with E-state index in [4.69, 9.17) is 4.74 Å². The third-order valence-electron chi connectivity index (χ3n) is 2.57. The molecule has 2 aromatic rings. The second kappa shape index (κ2) is 7.28. The third kappa shape index (κ3) is 4.08. The fraction of sp³-hybridized carbons (Fsp3) is 0.357. The van der Waals surface area contributed by atoms with Gasteiger partial charge in [0.1, 0.15) is 0 Å². The Bertz CT molecular complexity index is 532. The molecular formula is C14H19N5O. The zero-order valence-corrected chi connectivity index (χ0v) is 11.8. The van der Waals surface area contributed by atoms with E-state index in [2.05, 4.69) is 25.6 Å². The summed E-state index contributed by atoms with van der Waals surface area (Å²) in [5.74, 6) is 0.987. The Morgan fingerprint density at radius 3 is 2.50 bits per heavy atom. The number of nitrogens with one attached hydrogen (secondary N) is 2. The van der Waals surface area contributed by atoms with E-state index in [0.717, 1.165) is 12.0 Å². The number of hydrogen-bond donors (Lipinski definition) is 2. The summed E-state index contributed by atoms with van der Waals surface area (Å²) >= 11 is 0. The minimum atomic E-state index is 0.335. The monoisotopic (exact) mass is 273 g/mol. The molecule has 0 aliphatic rings. The SMILES string of the molecule is CCCOc1nc(NC)nc(NCc2ccccc2)n1. The highest BCUT2D eigenvalue weighted by molar-refractivity contribution is 5.36. The molecule has 0 bridgehead atoms. The number of ether oxygens (including phenoxy) is 1. The summed E-state index contributed by atoms with van der Waals surface area (Å²) in [5, 5.41) is 6.07. The molecular weight excluding hydrogens is 254 g/mol. The highest BCUT2D eigenvalue weighted by Crippen LogP contribution is 2.12. The minimum absolute atomic E-state index is 0.335. The van der Waals surface area contributed by atoms with Crippen LogP contribution in [0.4, 0.5) is 11.9 Å². The number of rotatable bonds is 7. The number of aromatic nitrogens is 3. The van der Waals surface area contributed by atoms with Gasteiger partial charge in [-0.25, -0.2) is 0 Å². The van der Waals surface area contributed by atoms with Gasteiger partial charge in [-0.1, -0.05) is 37.3 Å². The van der Waals surface area contributed by atoms with Gasteiger partial charge in [0.05, 0.1) is 6.61 Å². The lowest BCUT2D eigenvalue weighted by Gasteiger charge is -2.09. The standard InChI is InChI=1S/C14H19N5O/c1-3-9-20-14-18-12(15-2)17-13(19-14)16-10-11-7-5-4-6-8-11/h4-8H,3,9-10H2,1-2H3,(H2,15,16,17,18,19). The van der Waals surface area contributed by atoms with Crippen molar-refractivity contribution in [3.05, 3.63) is 35.9 Å². The molecule has 0 unspecified atom stereocenters. The number of anilines is 2. The van der Waals surface area contributed by atoms with Crippen LogP contribution in [-0.2, 0) is 6.54 Å². The predicted molar refractivity (Wildman–Crippen MR) is 78.9 cm³/mol. The molecule has 1 heterocycles. The lowest BCUT2D eigenvalue weighted by molar-refractivity contribution is 0.292. The van der Waals surface area contributed by atoms with E-state index in [9.17, 15) is 0 Å². The average molecular weight is 273 g/mol. The van der Waals surface area contributed by atoms with Crippen LogP contribution in [0.3, 0.4) is 0 Å². The normalized spacial score (nSPS) is 10.1. The third-order valence-corrected chi connectivity index (χ3v) is 2.57. The van der Waals surface area contributed by atoms with Gasteiger partial charge in [-0.15, -0.1) is 0 Å². The molecule has 20 heavy (non-hydrogen) atoms. The van der Waals surface area contributed by atoms with Crippen LogP contribution in [0.1, 0.15) is 18.9 Å². The van der Waals surface area contributed by atoms with Crippen molar-refractivity contribution in [1.82, 2.24) is 15.0 Å². The first-order valence-corrected chi connectivity index (χ1v) is 6.66. The van der Waals surface area contributed by atoms with Crippen molar-refractivity contribution in [3.8, 4) is 6.01 Å². The maximum absolute atomic E-state index is 5.45. The lowest BCUT2D eigenvalue weighted by atomic mass is 10.2. The van der Waals surface area contributed by atoms with Crippen molar-refractivity contribution in [3.63, 3.8) is 0 Å². The molecule has 0 fully saturated rings. The summed E-state index contributed by atoms with van der Waals surface area (Å²) in [5.41, 5.74) is 1.16. The van der Waals surface area contributed by atoms with E-state index in [0.29, 0.717) is 31.1 Å². The van der Waals surface area contributed by atoms with Crippen LogP contribution in [0, 0.1) is 0 Å². The van der Waals surface area contributed by atoms with Crippen molar-refractivity contribution < 1.29 is 4.74 Å². The van der Waals surface area contributed by atoms with E-state index in [1.807, 2.05) is 37.3 Å². The van der Waals surface area contributed by atoms with Gasteiger partial charge in [0, 0.05) is 13.6 Å². The summed E-state index contributed by atoms with van der Waals surface area (Å²) in [6.45, 7) is 3.28. The van der Waals surface area contributed by atoms with Gasteiger partial charge < -0.3 is 15.4 Å². The van der Waals surface area contributed by atoms with Gasteiger partial charge in [0.25, 0.3) is 0 Å². The highest BCUT2D eigenvalue weighted by atomic mass is 16.5. The molecule has 0 saturated carbocycles. The molecule has 0 amide bonds. The van der Waals surface area contributed by atoms with E-state index < -0.39 is 0 Å². The molecule has 6 nitrogen and oxygen atoms in total. The van der Waals surface area contributed by atoms with Crippen molar-refractivity contribution in [1.29, 1.82) is 0 Å². The fourth-order valence-electron chi connectivity index (χ4n) is 1.58. The smallest absolute Gasteiger partial charge is 0.323 e. The fourth-order valence-corrected chi connectivity index (χ4v) is 1.58. The molecule has 6 heteroatoms. The Kier molecular flexibility index (Phi) is 5.11. The topological polar surface area (TPSA) is 72.0 Å². The summed E-state index contributed by atoms with van der Waals surface area (Å²) in [6.07, 6.45) is 0.910. The van der Waals surface area contributed by atoms with E-state index in [1.54, 1.807) is 7.05 Å². The summed E-state index contributed by atoms with van der Waals surface area (Å²) in [6, 6.07) is 10.4. The van der Waals surface area contributed by atoms with Gasteiger partial charge in [0.2, 0.25) is 11.9 Å². The maximum Gasteiger partial charge on any atom is 0.323 e. The second-order valence-corrected chi connectivity index (χ2v) is 4.20. The van der Waals surface area contributed by atoms with E-state index in [-0.39, 0.29) is 0 Å². The summed E-state index contributed by atoms with van der Waals surface area (Å²) in [7, 11) is 1.76. The Morgan fingerprint density at radius 1 is 1.05 bits per heavy atom. The molecule has 0 aliphatic carbocycles. The van der Waals surface area contributed by atoms with Crippen molar-refractivity contribution in [2.24, 2.45) is 0 Å².